The van der Waals surface area contributed by atoms with E-state index in [2.05, 4.69) is 34.5 Å². The van der Waals surface area contributed by atoms with Crippen LogP contribution >= 0.6 is 0 Å². The van der Waals surface area contributed by atoms with Crippen LogP contribution in [0.2, 0.25) is 0 Å². The van der Waals surface area contributed by atoms with E-state index in [0.717, 1.165) is 25.9 Å². The quantitative estimate of drug-likeness (QED) is 0.464. The third-order valence-electron chi connectivity index (χ3n) is 7.23. The number of piperidine rings is 1. The van der Waals surface area contributed by atoms with Gasteiger partial charge in [-0.05, 0) is 67.2 Å². The molecule has 1 N–H and O–H groups in total. The highest BCUT2D eigenvalue weighted by atomic mass is 19.4. The number of carbonyl (C=O) groups excluding carboxylic acids is 1. The van der Waals surface area contributed by atoms with Gasteiger partial charge in [-0.25, -0.2) is 0 Å². The molecule has 1 spiro atoms. The Kier molecular flexibility index (Phi) is 7.71. The van der Waals surface area contributed by atoms with E-state index in [1.165, 1.54) is 18.2 Å². The molecule has 1 fully saturated rings. The number of allylic oxidation sites excluding steroid dienone is 1. The molecule has 1 unspecified atom stereocenters. The molecule has 2 aromatic carbocycles. The lowest BCUT2D eigenvalue weighted by molar-refractivity contribution is -0.143. The summed E-state index contributed by atoms with van der Waals surface area (Å²) >= 11 is 0. The molecule has 2 aliphatic rings. The van der Waals surface area contributed by atoms with Gasteiger partial charge < -0.3 is 15.0 Å². The molecular weight excluding hydrogens is 498 g/mol. The Hall–Kier alpha value is -2.85. The molecule has 2 aromatic rings. The molecular formula is C27H28F6N2O2. The zero-order valence-electron chi connectivity index (χ0n) is 20.3. The van der Waals surface area contributed by atoms with Gasteiger partial charge in [0.05, 0.1) is 11.1 Å². The molecule has 4 nitrogen and oxygen atoms in total. The fraction of sp³-hybridized carbons (Fsp3) is 0.444. The Morgan fingerprint density at radius 1 is 1.03 bits per heavy atom. The van der Waals surface area contributed by atoms with Gasteiger partial charge in [-0.2, -0.15) is 26.3 Å². The van der Waals surface area contributed by atoms with Gasteiger partial charge >= 0.3 is 12.4 Å². The number of methoxy groups -OCH3 is 1. The lowest BCUT2D eigenvalue weighted by Crippen LogP contribution is -2.43. The summed E-state index contributed by atoms with van der Waals surface area (Å²) in [6.07, 6.45) is -4.09. The summed E-state index contributed by atoms with van der Waals surface area (Å²) in [6, 6.07) is 9.62. The van der Waals surface area contributed by atoms with E-state index in [9.17, 15) is 31.1 Å². The number of ether oxygens (including phenoxy) is 1. The highest BCUT2D eigenvalue weighted by Gasteiger charge is 2.38. The van der Waals surface area contributed by atoms with E-state index in [4.69, 9.17) is 4.74 Å². The number of hydrogen-bond donors (Lipinski definition) is 1. The van der Waals surface area contributed by atoms with Gasteiger partial charge in [0.1, 0.15) is 6.10 Å². The van der Waals surface area contributed by atoms with Crippen LogP contribution in [0.3, 0.4) is 0 Å². The first-order chi connectivity index (χ1) is 17.4. The molecule has 0 radical (unpaired) electrons. The molecule has 37 heavy (non-hydrogen) atoms. The van der Waals surface area contributed by atoms with E-state index in [-0.39, 0.29) is 17.0 Å². The molecule has 1 amide bonds. The fourth-order valence-corrected chi connectivity index (χ4v) is 5.13. The SMILES string of the molecule is COC(CCN1CCC2(C=Cc3ccccc32)CC1)C(=O)NCc1cc(C(F)(F)F)cc(C(F)(F)F)c1. The van der Waals surface area contributed by atoms with Crippen LogP contribution in [-0.4, -0.2) is 43.7 Å². The Labute approximate surface area is 211 Å². The number of amides is 1. The minimum Gasteiger partial charge on any atom is -0.372 e. The summed E-state index contributed by atoms with van der Waals surface area (Å²) in [7, 11) is 1.35. The number of carbonyl (C=O) groups is 1. The number of likely N-dealkylation sites (tertiary alicyclic amines) is 1. The van der Waals surface area contributed by atoms with Crippen LogP contribution < -0.4 is 5.32 Å². The second kappa shape index (κ2) is 10.5. The fourth-order valence-electron chi connectivity index (χ4n) is 5.13. The van der Waals surface area contributed by atoms with Gasteiger partial charge in [-0.15, -0.1) is 0 Å². The minimum atomic E-state index is -4.95. The number of benzene rings is 2. The number of alkyl halides is 6. The summed E-state index contributed by atoms with van der Waals surface area (Å²) in [4.78, 5) is 14.9. The van der Waals surface area contributed by atoms with Crippen LogP contribution in [-0.2, 0) is 33.8 Å². The molecule has 0 bridgehead atoms. The first-order valence-electron chi connectivity index (χ1n) is 12.0. The standard InChI is InChI=1S/C27H28F6N2O2/c1-37-23(7-11-35-12-9-25(10-13-35)8-6-19-4-2-3-5-22(19)25)24(36)34-17-18-14-20(26(28,29)30)16-21(15-18)27(31,32)33/h2-6,8,14-16,23H,7,9-13,17H2,1H3,(H,34,36). The summed E-state index contributed by atoms with van der Waals surface area (Å²) < 4.78 is 83.8. The molecule has 1 heterocycles. The molecule has 1 atom stereocenters. The van der Waals surface area contributed by atoms with Crippen molar-refractivity contribution in [1.29, 1.82) is 0 Å². The van der Waals surface area contributed by atoms with Crippen molar-refractivity contribution < 1.29 is 35.9 Å². The van der Waals surface area contributed by atoms with Crippen LogP contribution in [0.15, 0.2) is 48.5 Å². The van der Waals surface area contributed by atoms with Crippen molar-refractivity contribution in [2.24, 2.45) is 0 Å². The van der Waals surface area contributed by atoms with Crippen molar-refractivity contribution in [2.45, 2.75) is 49.7 Å². The van der Waals surface area contributed by atoms with E-state index >= 15 is 0 Å². The van der Waals surface area contributed by atoms with Crippen molar-refractivity contribution in [3.8, 4) is 0 Å². The highest BCUT2D eigenvalue weighted by molar-refractivity contribution is 5.80. The third-order valence-corrected chi connectivity index (χ3v) is 7.23. The van der Waals surface area contributed by atoms with Crippen LogP contribution in [0.25, 0.3) is 6.08 Å². The number of rotatable bonds is 7. The maximum Gasteiger partial charge on any atom is 0.416 e. The van der Waals surface area contributed by atoms with Gasteiger partial charge in [0.15, 0.2) is 0 Å². The van der Waals surface area contributed by atoms with Gasteiger partial charge in [0.25, 0.3) is 0 Å². The predicted molar refractivity (Wildman–Crippen MR) is 127 cm³/mol. The largest absolute Gasteiger partial charge is 0.416 e. The number of nitrogens with zero attached hydrogens (tertiary/aromatic N) is 1. The van der Waals surface area contributed by atoms with Crippen molar-refractivity contribution in [1.82, 2.24) is 10.2 Å². The van der Waals surface area contributed by atoms with Gasteiger partial charge in [0.2, 0.25) is 5.91 Å². The average Bonchev–Trinajstić information content (AvgIpc) is 3.21. The highest BCUT2D eigenvalue weighted by Crippen LogP contribution is 2.43. The van der Waals surface area contributed by atoms with Crippen molar-refractivity contribution in [3.05, 3.63) is 76.4 Å². The smallest absolute Gasteiger partial charge is 0.372 e. The van der Waals surface area contributed by atoms with Crippen LogP contribution in [0, 0.1) is 0 Å². The number of fused-ring (bicyclic) bond motifs is 2. The van der Waals surface area contributed by atoms with E-state index in [0.29, 0.717) is 25.1 Å². The predicted octanol–water partition coefficient (Wildman–Crippen LogP) is 5.81. The monoisotopic (exact) mass is 526 g/mol. The number of hydrogen-bond acceptors (Lipinski definition) is 3. The Morgan fingerprint density at radius 2 is 1.65 bits per heavy atom. The molecule has 4 rings (SSSR count). The van der Waals surface area contributed by atoms with Crippen LogP contribution in [0.1, 0.15) is 47.1 Å². The van der Waals surface area contributed by atoms with E-state index < -0.39 is 42.0 Å². The van der Waals surface area contributed by atoms with E-state index in [1.807, 2.05) is 12.1 Å². The van der Waals surface area contributed by atoms with Crippen LogP contribution in [0.4, 0.5) is 26.3 Å². The van der Waals surface area contributed by atoms with Crippen LogP contribution in [0.5, 0.6) is 0 Å². The number of nitrogens with one attached hydrogen (secondary N) is 1. The molecule has 200 valence electrons. The Morgan fingerprint density at radius 3 is 2.24 bits per heavy atom. The molecule has 1 saturated heterocycles. The normalized spacial score (nSPS) is 18.1. The van der Waals surface area contributed by atoms with Crippen molar-refractivity contribution in [2.75, 3.05) is 26.7 Å². The van der Waals surface area contributed by atoms with Crippen molar-refractivity contribution >= 4 is 12.0 Å². The first-order valence-corrected chi connectivity index (χ1v) is 12.0. The third kappa shape index (κ3) is 6.18. The van der Waals surface area contributed by atoms with Gasteiger partial charge in [-0.3, -0.25) is 4.79 Å². The lowest BCUT2D eigenvalue weighted by Gasteiger charge is -2.39. The Balaban J connectivity index is 1.31. The summed E-state index contributed by atoms with van der Waals surface area (Å²) in [5.74, 6) is -0.588. The lowest BCUT2D eigenvalue weighted by atomic mass is 9.74. The maximum absolute atomic E-state index is 13.1. The second-order valence-corrected chi connectivity index (χ2v) is 9.56. The zero-order chi connectivity index (χ0) is 26.8. The molecule has 1 aliphatic heterocycles. The number of halogens is 6. The van der Waals surface area contributed by atoms with Crippen molar-refractivity contribution in [3.63, 3.8) is 0 Å². The molecule has 1 aliphatic carbocycles. The topological polar surface area (TPSA) is 41.6 Å². The van der Waals surface area contributed by atoms with Gasteiger partial charge in [-0.1, -0.05) is 36.4 Å². The zero-order valence-corrected chi connectivity index (χ0v) is 20.3. The second-order valence-electron chi connectivity index (χ2n) is 9.56. The molecule has 0 saturated carbocycles. The molecule has 0 aromatic heterocycles. The summed E-state index contributed by atoms with van der Waals surface area (Å²) in [5.41, 5.74) is -0.514. The summed E-state index contributed by atoms with van der Waals surface area (Å²) in [5, 5.41) is 2.42. The average molecular weight is 527 g/mol. The van der Waals surface area contributed by atoms with E-state index in [1.54, 1.807) is 0 Å². The Bertz CT molecular complexity index is 1120. The maximum atomic E-state index is 13.1. The van der Waals surface area contributed by atoms with Gasteiger partial charge in [0, 0.05) is 25.6 Å². The summed E-state index contributed by atoms with van der Waals surface area (Å²) in [6.45, 7) is 1.77. The molecule has 10 heteroatoms. The minimum absolute atomic E-state index is 0.0331. The first kappa shape index (κ1) is 27.2.